The summed E-state index contributed by atoms with van der Waals surface area (Å²) in [7, 11) is 0. The van der Waals surface area contributed by atoms with Crippen LogP contribution in [0.4, 0.5) is 0 Å². The summed E-state index contributed by atoms with van der Waals surface area (Å²) in [6.07, 6.45) is 1.13. The smallest absolute Gasteiger partial charge is 0 e. The molecule has 0 aromatic heterocycles. The van der Waals surface area contributed by atoms with Gasteiger partial charge in [0.05, 0.1) is 0 Å². The van der Waals surface area contributed by atoms with Gasteiger partial charge in [-0.25, -0.2) is 0 Å². The van der Waals surface area contributed by atoms with Gasteiger partial charge >= 0.3 is 0 Å². The van der Waals surface area contributed by atoms with Gasteiger partial charge in [0.15, 0.2) is 0 Å². The first-order valence-electron chi connectivity index (χ1n) is 4.04. The third-order valence-electron chi connectivity index (χ3n) is 2.09. The standard InChI is InChI=1S/C11H11.2CH3.Hf/c1-2-9-7-10-5-3-4-6-11(10)8-9;;;/h3-8H,2H2,1H3;2*1H3;/q3*-1;. The van der Waals surface area contributed by atoms with E-state index in [0.29, 0.717) is 0 Å². The summed E-state index contributed by atoms with van der Waals surface area (Å²) in [6.45, 7) is 2.19. The molecule has 0 aliphatic carbocycles. The van der Waals surface area contributed by atoms with Crippen LogP contribution in [0.25, 0.3) is 10.8 Å². The maximum Gasteiger partial charge on any atom is 0 e. The Hall–Kier alpha value is -0.300. The fourth-order valence-corrected chi connectivity index (χ4v) is 1.42. The minimum Gasteiger partial charge on any atom is -0.358 e. The Labute approximate surface area is 106 Å². The monoisotopic (exact) mass is 353 g/mol. The zero-order valence-corrected chi connectivity index (χ0v) is 12.8. The Morgan fingerprint density at radius 1 is 1.14 bits per heavy atom. The zero-order valence-electron chi connectivity index (χ0n) is 9.17. The quantitative estimate of drug-likeness (QED) is 0.538. The molecule has 0 fully saturated rings. The number of benzene rings is 1. The van der Waals surface area contributed by atoms with E-state index in [9.17, 15) is 0 Å². The summed E-state index contributed by atoms with van der Waals surface area (Å²) in [6, 6.07) is 13.0. The summed E-state index contributed by atoms with van der Waals surface area (Å²) in [5, 5.41) is 2.73. The number of aryl methyl sites for hydroxylation is 1. The number of fused-ring (bicyclic) bond motifs is 1. The molecule has 0 spiro atoms. The maximum absolute atomic E-state index is 2.26. The van der Waals surface area contributed by atoms with Crippen molar-refractivity contribution in [1.82, 2.24) is 0 Å². The molecule has 0 N–H and O–H groups in total. The third kappa shape index (κ3) is 3.13. The molecular formula is C13H17Hf-3. The second-order valence-electron chi connectivity index (χ2n) is 2.85. The minimum absolute atomic E-state index is 0. The molecule has 0 saturated carbocycles. The van der Waals surface area contributed by atoms with Gasteiger partial charge in [-0.05, 0) is 6.42 Å². The number of hydrogen-bond donors (Lipinski definition) is 0. The first-order valence-corrected chi connectivity index (χ1v) is 4.04. The van der Waals surface area contributed by atoms with Crippen molar-refractivity contribution in [2.75, 3.05) is 0 Å². The minimum atomic E-state index is 0. The van der Waals surface area contributed by atoms with Crippen LogP contribution in [0.5, 0.6) is 0 Å². The molecule has 0 heterocycles. The van der Waals surface area contributed by atoms with Gasteiger partial charge in [0, 0.05) is 25.8 Å². The van der Waals surface area contributed by atoms with Gasteiger partial charge in [-0.1, -0.05) is 13.0 Å². The SMILES string of the molecule is CCc1cc2ccccc2[cH-]1.[CH3-].[CH3-].[Hf]. The molecular weight excluding hydrogens is 335 g/mol. The molecule has 2 aromatic carbocycles. The van der Waals surface area contributed by atoms with Crippen LogP contribution in [0.1, 0.15) is 12.5 Å². The van der Waals surface area contributed by atoms with Crippen molar-refractivity contribution in [1.29, 1.82) is 0 Å². The predicted octanol–water partition coefficient (Wildman–Crippen LogP) is 4.02. The second-order valence-corrected chi connectivity index (χ2v) is 2.85. The molecule has 0 bridgehead atoms. The summed E-state index contributed by atoms with van der Waals surface area (Å²) < 4.78 is 0. The summed E-state index contributed by atoms with van der Waals surface area (Å²) >= 11 is 0. The third-order valence-corrected chi connectivity index (χ3v) is 2.09. The van der Waals surface area contributed by atoms with Gasteiger partial charge in [0.1, 0.15) is 0 Å². The number of hydrogen-bond acceptors (Lipinski definition) is 0. The summed E-state index contributed by atoms with van der Waals surface area (Å²) in [4.78, 5) is 0. The van der Waals surface area contributed by atoms with Crippen LogP contribution < -0.4 is 0 Å². The van der Waals surface area contributed by atoms with Crippen LogP contribution >= 0.6 is 0 Å². The van der Waals surface area contributed by atoms with Crippen LogP contribution in [0.2, 0.25) is 0 Å². The van der Waals surface area contributed by atoms with Crippen molar-refractivity contribution in [3.63, 3.8) is 0 Å². The van der Waals surface area contributed by atoms with E-state index >= 15 is 0 Å². The van der Waals surface area contributed by atoms with E-state index in [2.05, 4.69) is 43.3 Å². The van der Waals surface area contributed by atoms with Crippen molar-refractivity contribution >= 4 is 10.8 Å². The van der Waals surface area contributed by atoms with Crippen molar-refractivity contribution in [2.45, 2.75) is 13.3 Å². The molecule has 0 amide bonds. The molecule has 0 radical (unpaired) electrons. The van der Waals surface area contributed by atoms with Crippen LogP contribution in [-0.2, 0) is 32.3 Å². The largest absolute Gasteiger partial charge is 0.358 e. The van der Waals surface area contributed by atoms with E-state index in [1.807, 2.05) is 0 Å². The Balaban J connectivity index is 0. The molecule has 0 aliphatic heterocycles. The fourth-order valence-electron chi connectivity index (χ4n) is 1.42. The zero-order chi connectivity index (χ0) is 7.68. The van der Waals surface area contributed by atoms with Crippen molar-refractivity contribution in [3.05, 3.63) is 56.8 Å². The first kappa shape index (κ1) is 16.1. The van der Waals surface area contributed by atoms with Crippen LogP contribution in [0, 0.1) is 14.9 Å². The van der Waals surface area contributed by atoms with E-state index in [0.717, 1.165) is 6.42 Å². The Morgan fingerprint density at radius 3 is 2.36 bits per heavy atom. The van der Waals surface area contributed by atoms with Gasteiger partial charge in [-0.2, -0.15) is 6.07 Å². The molecule has 14 heavy (non-hydrogen) atoms. The Kier molecular flexibility index (Phi) is 8.13. The Morgan fingerprint density at radius 2 is 1.79 bits per heavy atom. The average molecular weight is 352 g/mol. The van der Waals surface area contributed by atoms with Crippen LogP contribution in [0.15, 0.2) is 36.4 Å². The van der Waals surface area contributed by atoms with E-state index in [-0.39, 0.29) is 40.7 Å². The normalized spacial score (nSPS) is 8.36. The molecule has 76 valence electrons. The molecule has 2 rings (SSSR count). The molecule has 0 aliphatic rings. The summed E-state index contributed by atoms with van der Waals surface area (Å²) in [5.74, 6) is 0. The molecule has 0 atom stereocenters. The first-order chi connectivity index (χ1) is 5.40. The maximum atomic E-state index is 2.26. The molecule has 0 saturated heterocycles. The van der Waals surface area contributed by atoms with Crippen molar-refractivity contribution in [2.24, 2.45) is 0 Å². The van der Waals surface area contributed by atoms with Crippen molar-refractivity contribution in [3.8, 4) is 0 Å². The molecule has 0 nitrogen and oxygen atoms in total. The van der Waals surface area contributed by atoms with Crippen LogP contribution in [0.3, 0.4) is 0 Å². The number of rotatable bonds is 1. The van der Waals surface area contributed by atoms with E-state index in [4.69, 9.17) is 0 Å². The molecule has 1 heteroatoms. The predicted molar refractivity (Wildman–Crippen MR) is 61.7 cm³/mol. The van der Waals surface area contributed by atoms with Gasteiger partial charge in [0.25, 0.3) is 0 Å². The van der Waals surface area contributed by atoms with Gasteiger partial charge in [-0.3, -0.25) is 0 Å². The van der Waals surface area contributed by atoms with E-state index < -0.39 is 0 Å². The summed E-state index contributed by atoms with van der Waals surface area (Å²) in [5.41, 5.74) is 1.44. The Bertz CT molecular complexity index is 327. The molecule has 2 aromatic rings. The fraction of sp³-hybridized carbons (Fsp3) is 0.154. The van der Waals surface area contributed by atoms with Gasteiger partial charge in [0.2, 0.25) is 0 Å². The van der Waals surface area contributed by atoms with Gasteiger partial charge in [-0.15, -0.1) is 40.6 Å². The van der Waals surface area contributed by atoms with E-state index in [1.165, 1.54) is 16.3 Å². The topological polar surface area (TPSA) is 0 Å². The van der Waals surface area contributed by atoms with Crippen LogP contribution in [-0.4, -0.2) is 0 Å². The van der Waals surface area contributed by atoms with Gasteiger partial charge < -0.3 is 14.9 Å². The average Bonchev–Trinajstić information content (AvgIpc) is 2.46. The van der Waals surface area contributed by atoms with Crippen molar-refractivity contribution < 1.29 is 25.8 Å². The van der Waals surface area contributed by atoms with E-state index in [1.54, 1.807) is 0 Å². The molecule has 0 unspecified atom stereocenters. The second kappa shape index (κ2) is 7.05.